The molecule has 0 fully saturated rings. The summed E-state index contributed by atoms with van der Waals surface area (Å²) in [6, 6.07) is 11.8. The van der Waals surface area contributed by atoms with Crippen LogP contribution in [-0.2, 0) is 24.3 Å². The SMILES string of the molecule is COc1ccccc1CNC(=O)CCN1CCc2cc(OC)c(OC)cc2C1. The number of hydrogen-bond donors (Lipinski definition) is 1. The van der Waals surface area contributed by atoms with Crippen LogP contribution in [0.25, 0.3) is 0 Å². The average Bonchev–Trinajstić information content (AvgIpc) is 2.75. The summed E-state index contributed by atoms with van der Waals surface area (Å²) < 4.78 is 16.1. The molecule has 1 aliphatic heterocycles. The number of carbonyl (C=O) groups excluding carboxylic acids is 1. The largest absolute Gasteiger partial charge is 0.496 e. The van der Waals surface area contributed by atoms with Gasteiger partial charge in [-0.15, -0.1) is 0 Å². The zero-order valence-corrected chi connectivity index (χ0v) is 16.8. The lowest BCUT2D eigenvalue weighted by molar-refractivity contribution is -0.121. The molecule has 28 heavy (non-hydrogen) atoms. The van der Waals surface area contributed by atoms with Crippen LogP contribution in [-0.4, -0.2) is 45.2 Å². The van der Waals surface area contributed by atoms with E-state index in [2.05, 4.69) is 16.3 Å². The fourth-order valence-electron chi connectivity index (χ4n) is 3.52. The predicted octanol–water partition coefficient (Wildman–Crippen LogP) is 2.78. The highest BCUT2D eigenvalue weighted by Crippen LogP contribution is 2.33. The van der Waals surface area contributed by atoms with E-state index in [1.54, 1.807) is 21.3 Å². The van der Waals surface area contributed by atoms with E-state index in [1.807, 2.05) is 30.3 Å². The van der Waals surface area contributed by atoms with Crippen molar-refractivity contribution in [3.63, 3.8) is 0 Å². The number of methoxy groups -OCH3 is 3. The van der Waals surface area contributed by atoms with Crippen molar-refractivity contribution in [1.82, 2.24) is 10.2 Å². The van der Waals surface area contributed by atoms with E-state index in [4.69, 9.17) is 14.2 Å². The third-order valence-electron chi connectivity index (χ3n) is 5.12. The predicted molar refractivity (Wildman–Crippen MR) is 108 cm³/mol. The molecular weight excluding hydrogens is 356 g/mol. The summed E-state index contributed by atoms with van der Waals surface area (Å²) in [6.45, 7) is 2.95. The number of fused-ring (bicyclic) bond motifs is 1. The second-order valence-electron chi connectivity index (χ2n) is 6.84. The molecule has 0 atom stereocenters. The van der Waals surface area contributed by atoms with Gasteiger partial charge in [-0.3, -0.25) is 9.69 Å². The maximum Gasteiger partial charge on any atom is 0.221 e. The van der Waals surface area contributed by atoms with Gasteiger partial charge in [-0.2, -0.15) is 0 Å². The van der Waals surface area contributed by atoms with Crippen molar-refractivity contribution >= 4 is 5.91 Å². The van der Waals surface area contributed by atoms with E-state index in [9.17, 15) is 4.79 Å². The van der Waals surface area contributed by atoms with Crippen molar-refractivity contribution in [3.8, 4) is 17.2 Å². The first-order valence-electron chi connectivity index (χ1n) is 9.49. The molecule has 2 aromatic rings. The average molecular weight is 384 g/mol. The highest BCUT2D eigenvalue weighted by atomic mass is 16.5. The van der Waals surface area contributed by atoms with Crippen molar-refractivity contribution in [2.75, 3.05) is 34.4 Å². The standard InChI is InChI=1S/C22H28N2O4/c1-26-19-7-5-4-6-17(19)14-23-22(25)9-11-24-10-8-16-12-20(27-2)21(28-3)13-18(16)15-24/h4-7,12-13H,8-11,14-15H2,1-3H3,(H,23,25). The number of para-hydroxylation sites is 1. The Bertz CT molecular complexity index is 822. The molecule has 2 aromatic carbocycles. The van der Waals surface area contributed by atoms with Crippen LogP contribution in [0.4, 0.5) is 0 Å². The molecule has 1 amide bonds. The molecule has 6 heteroatoms. The number of benzene rings is 2. The molecule has 0 aromatic heterocycles. The van der Waals surface area contributed by atoms with Gasteiger partial charge in [0.15, 0.2) is 11.5 Å². The lowest BCUT2D eigenvalue weighted by Gasteiger charge is -2.29. The van der Waals surface area contributed by atoms with Gasteiger partial charge in [0, 0.05) is 38.2 Å². The number of nitrogens with one attached hydrogen (secondary N) is 1. The third kappa shape index (κ3) is 4.75. The molecule has 1 aliphatic rings. The molecule has 1 N–H and O–H groups in total. The zero-order valence-electron chi connectivity index (χ0n) is 16.8. The number of rotatable bonds is 8. The number of amides is 1. The molecule has 0 spiro atoms. The van der Waals surface area contributed by atoms with Gasteiger partial charge in [0.05, 0.1) is 21.3 Å². The van der Waals surface area contributed by atoms with Crippen molar-refractivity contribution in [2.24, 2.45) is 0 Å². The molecule has 3 rings (SSSR count). The number of carbonyl (C=O) groups is 1. The van der Waals surface area contributed by atoms with Crippen LogP contribution in [0.1, 0.15) is 23.1 Å². The Morgan fingerprint density at radius 1 is 1.00 bits per heavy atom. The Morgan fingerprint density at radius 2 is 1.68 bits per heavy atom. The normalized spacial score (nSPS) is 13.5. The van der Waals surface area contributed by atoms with Gasteiger partial charge in [-0.25, -0.2) is 0 Å². The lowest BCUT2D eigenvalue weighted by atomic mass is 9.98. The maximum atomic E-state index is 12.3. The van der Waals surface area contributed by atoms with Crippen LogP contribution in [0.15, 0.2) is 36.4 Å². The minimum Gasteiger partial charge on any atom is -0.496 e. The van der Waals surface area contributed by atoms with Crippen LogP contribution < -0.4 is 19.5 Å². The third-order valence-corrected chi connectivity index (χ3v) is 5.12. The fraction of sp³-hybridized carbons (Fsp3) is 0.409. The first-order valence-corrected chi connectivity index (χ1v) is 9.49. The Kier molecular flexibility index (Phi) is 6.76. The smallest absolute Gasteiger partial charge is 0.221 e. The monoisotopic (exact) mass is 384 g/mol. The van der Waals surface area contributed by atoms with Crippen molar-refractivity contribution < 1.29 is 19.0 Å². The van der Waals surface area contributed by atoms with Gasteiger partial charge in [-0.05, 0) is 35.7 Å². The van der Waals surface area contributed by atoms with E-state index < -0.39 is 0 Å². The van der Waals surface area contributed by atoms with E-state index in [1.165, 1.54) is 11.1 Å². The Balaban J connectivity index is 1.51. The van der Waals surface area contributed by atoms with Crippen molar-refractivity contribution in [2.45, 2.75) is 25.9 Å². The Morgan fingerprint density at radius 3 is 2.39 bits per heavy atom. The number of nitrogens with zero attached hydrogens (tertiary/aromatic N) is 1. The van der Waals surface area contributed by atoms with Gasteiger partial charge >= 0.3 is 0 Å². The van der Waals surface area contributed by atoms with Gasteiger partial charge in [0.1, 0.15) is 5.75 Å². The molecule has 150 valence electrons. The second kappa shape index (κ2) is 9.46. The van der Waals surface area contributed by atoms with E-state index in [0.29, 0.717) is 13.0 Å². The Hall–Kier alpha value is -2.73. The molecular formula is C22H28N2O4. The molecule has 0 aliphatic carbocycles. The number of ether oxygens (including phenoxy) is 3. The lowest BCUT2D eigenvalue weighted by Crippen LogP contribution is -2.34. The van der Waals surface area contributed by atoms with Crippen LogP contribution in [0, 0.1) is 0 Å². The molecule has 1 heterocycles. The van der Waals surface area contributed by atoms with E-state index in [0.717, 1.165) is 48.9 Å². The minimum atomic E-state index is 0.0454. The highest BCUT2D eigenvalue weighted by molar-refractivity contribution is 5.76. The van der Waals surface area contributed by atoms with E-state index >= 15 is 0 Å². The molecule has 6 nitrogen and oxygen atoms in total. The fourth-order valence-corrected chi connectivity index (χ4v) is 3.52. The van der Waals surface area contributed by atoms with Crippen LogP contribution in [0.2, 0.25) is 0 Å². The second-order valence-corrected chi connectivity index (χ2v) is 6.84. The first kappa shape index (κ1) is 20.0. The van der Waals surface area contributed by atoms with Gasteiger partial charge in [0.25, 0.3) is 0 Å². The van der Waals surface area contributed by atoms with E-state index in [-0.39, 0.29) is 5.91 Å². The summed E-state index contributed by atoms with van der Waals surface area (Å²) in [4.78, 5) is 14.6. The first-order chi connectivity index (χ1) is 13.6. The topological polar surface area (TPSA) is 60.0 Å². The van der Waals surface area contributed by atoms with Crippen LogP contribution in [0.5, 0.6) is 17.2 Å². The highest BCUT2D eigenvalue weighted by Gasteiger charge is 2.20. The van der Waals surface area contributed by atoms with Crippen LogP contribution in [0.3, 0.4) is 0 Å². The molecule has 0 saturated carbocycles. The number of hydrogen-bond acceptors (Lipinski definition) is 5. The summed E-state index contributed by atoms with van der Waals surface area (Å²) in [6.07, 6.45) is 1.41. The minimum absolute atomic E-state index is 0.0454. The summed E-state index contributed by atoms with van der Waals surface area (Å²) in [7, 11) is 4.94. The summed E-state index contributed by atoms with van der Waals surface area (Å²) in [5.74, 6) is 2.35. The van der Waals surface area contributed by atoms with Crippen molar-refractivity contribution in [3.05, 3.63) is 53.1 Å². The van der Waals surface area contributed by atoms with Gasteiger partial charge < -0.3 is 19.5 Å². The molecule has 0 radical (unpaired) electrons. The van der Waals surface area contributed by atoms with Crippen molar-refractivity contribution in [1.29, 1.82) is 0 Å². The summed E-state index contributed by atoms with van der Waals surface area (Å²) in [5.41, 5.74) is 3.50. The molecule has 0 saturated heterocycles. The molecule has 0 unspecified atom stereocenters. The molecule has 0 bridgehead atoms. The van der Waals surface area contributed by atoms with Gasteiger partial charge in [-0.1, -0.05) is 18.2 Å². The zero-order chi connectivity index (χ0) is 19.9. The summed E-state index contributed by atoms with van der Waals surface area (Å²) >= 11 is 0. The summed E-state index contributed by atoms with van der Waals surface area (Å²) in [5, 5.41) is 2.98. The maximum absolute atomic E-state index is 12.3. The van der Waals surface area contributed by atoms with Crippen LogP contribution >= 0.6 is 0 Å². The Labute approximate surface area is 166 Å². The van der Waals surface area contributed by atoms with Gasteiger partial charge in [0.2, 0.25) is 5.91 Å². The quantitative estimate of drug-likeness (QED) is 0.758.